The summed E-state index contributed by atoms with van der Waals surface area (Å²) in [6.07, 6.45) is 26.3. The molecule has 0 aromatic heterocycles. The third kappa shape index (κ3) is 3.82. The summed E-state index contributed by atoms with van der Waals surface area (Å²) in [7, 11) is 2.88. The molecule has 1 aliphatic heterocycles. The molecule has 0 radical (unpaired) electrons. The van der Waals surface area contributed by atoms with Gasteiger partial charge in [0.05, 0.1) is 0 Å². The number of terminal acetylenes is 1. The molecule has 1 heterocycles. The summed E-state index contributed by atoms with van der Waals surface area (Å²) in [5, 5.41) is 1.83. The van der Waals surface area contributed by atoms with Crippen LogP contribution in [0.1, 0.15) is 12.8 Å². The van der Waals surface area contributed by atoms with E-state index in [9.17, 15) is 0 Å². The second kappa shape index (κ2) is 7.75. The summed E-state index contributed by atoms with van der Waals surface area (Å²) in [4.78, 5) is 1.42. The average molecular weight is 334 g/mol. The molecule has 0 aromatic carbocycles. The smallest absolute Gasteiger partial charge is 0.0444 e. The van der Waals surface area contributed by atoms with Crippen LogP contribution in [0.4, 0.5) is 0 Å². The van der Waals surface area contributed by atoms with Crippen LogP contribution >= 0.6 is 21.0 Å². The highest BCUT2D eigenvalue weighted by atomic mass is 32.2. The predicted octanol–water partition coefficient (Wildman–Crippen LogP) is 5.02. The number of hydrogen-bond acceptors (Lipinski definition) is 1. The van der Waals surface area contributed by atoms with Crippen molar-refractivity contribution in [2.24, 2.45) is 11.8 Å². The summed E-state index contributed by atoms with van der Waals surface area (Å²) in [5.41, 5.74) is 1.36. The highest BCUT2D eigenvalue weighted by molar-refractivity contribution is 8.04. The van der Waals surface area contributed by atoms with Crippen LogP contribution in [0.2, 0.25) is 0 Å². The predicted molar refractivity (Wildman–Crippen MR) is 106 cm³/mol. The van der Waals surface area contributed by atoms with Crippen LogP contribution in [-0.4, -0.2) is 5.25 Å². The van der Waals surface area contributed by atoms with Gasteiger partial charge < -0.3 is 0 Å². The highest BCUT2D eigenvalue weighted by Crippen LogP contribution is 2.51. The quantitative estimate of drug-likeness (QED) is 0.516. The highest BCUT2D eigenvalue weighted by Gasteiger charge is 2.35. The van der Waals surface area contributed by atoms with Gasteiger partial charge in [-0.2, -0.15) is 0 Å². The maximum absolute atomic E-state index is 5.43. The number of allylic oxidation sites excluding steroid dienone is 11. The Bertz CT molecular complexity index is 756. The molecule has 0 saturated carbocycles. The maximum atomic E-state index is 5.43. The molecule has 4 atom stereocenters. The van der Waals surface area contributed by atoms with Crippen LogP contribution in [0.3, 0.4) is 0 Å². The number of thioether (sulfide) groups is 1. The number of rotatable bonds is 3. The van der Waals surface area contributed by atoms with Gasteiger partial charge in [-0.15, -0.1) is 27.4 Å². The SMILES string of the molecule is C#C/C=C\C1=C(CC2C#CC/C=C\C=C2)SC2C(P)=CC=CC12. The Labute approximate surface area is 145 Å². The normalized spacial score (nSPS) is 30.1. The van der Waals surface area contributed by atoms with Crippen LogP contribution in [0.5, 0.6) is 0 Å². The van der Waals surface area contributed by atoms with E-state index in [1.54, 1.807) is 0 Å². The van der Waals surface area contributed by atoms with Crippen molar-refractivity contribution in [2.75, 3.05) is 0 Å². The van der Waals surface area contributed by atoms with Crippen LogP contribution in [0.25, 0.3) is 0 Å². The minimum absolute atomic E-state index is 0.276. The lowest BCUT2D eigenvalue weighted by Gasteiger charge is -2.21. The Hall–Kier alpha value is -1.66. The molecular formula is C21H19PS. The zero-order chi connectivity index (χ0) is 16.1. The van der Waals surface area contributed by atoms with E-state index in [-0.39, 0.29) is 5.92 Å². The first-order chi connectivity index (χ1) is 11.3. The molecule has 0 bridgehead atoms. The molecule has 2 heteroatoms. The monoisotopic (exact) mass is 334 g/mol. The third-order valence-corrected chi connectivity index (χ3v) is 6.37. The standard InChI is InChI=1S/C21H19PS/c1-2-3-12-17-18-13-9-14-19(22)21(18)23-20(17)15-16-10-7-5-4-6-8-11-16/h1,3-5,7,9-10,12-14,16,18,21H,6,15,22H2/b5-4-,10-7?,12-3-. The van der Waals surface area contributed by atoms with Crippen molar-refractivity contribution in [3.8, 4) is 24.2 Å². The van der Waals surface area contributed by atoms with E-state index in [1.165, 1.54) is 15.8 Å². The summed E-state index contributed by atoms with van der Waals surface area (Å²) in [5.74, 6) is 9.94. The molecule has 0 spiro atoms. The molecule has 0 saturated heterocycles. The van der Waals surface area contributed by atoms with Gasteiger partial charge >= 0.3 is 0 Å². The lowest BCUT2D eigenvalue weighted by molar-refractivity contribution is 0.794. The molecule has 4 unspecified atom stereocenters. The number of fused-ring (bicyclic) bond motifs is 1. The van der Waals surface area contributed by atoms with E-state index in [0.717, 1.165) is 12.8 Å². The third-order valence-electron chi connectivity index (χ3n) is 4.07. The lowest BCUT2D eigenvalue weighted by Crippen LogP contribution is -2.14. The van der Waals surface area contributed by atoms with Crippen molar-refractivity contribution in [3.05, 3.63) is 70.5 Å². The minimum Gasteiger partial charge on any atom is -0.121 e. The lowest BCUT2D eigenvalue weighted by atomic mass is 9.89. The van der Waals surface area contributed by atoms with Gasteiger partial charge in [-0.05, 0) is 34.4 Å². The summed E-state index contributed by atoms with van der Waals surface area (Å²) < 4.78 is 0. The molecule has 3 rings (SSSR count). The van der Waals surface area contributed by atoms with Gasteiger partial charge in [-0.1, -0.05) is 60.3 Å². The summed E-state index contributed by atoms with van der Waals surface area (Å²) >= 11 is 1.97. The van der Waals surface area contributed by atoms with Crippen molar-refractivity contribution in [3.63, 3.8) is 0 Å². The zero-order valence-corrected chi connectivity index (χ0v) is 14.9. The Balaban J connectivity index is 1.88. The van der Waals surface area contributed by atoms with Gasteiger partial charge in [0.1, 0.15) is 0 Å². The fourth-order valence-electron chi connectivity index (χ4n) is 2.97. The van der Waals surface area contributed by atoms with Gasteiger partial charge in [0.15, 0.2) is 0 Å². The molecule has 0 N–H and O–H groups in total. The minimum atomic E-state index is 0.276. The van der Waals surface area contributed by atoms with E-state index < -0.39 is 0 Å². The molecule has 0 aromatic rings. The van der Waals surface area contributed by atoms with Crippen LogP contribution in [-0.2, 0) is 0 Å². The summed E-state index contributed by atoms with van der Waals surface area (Å²) in [6, 6.07) is 0. The van der Waals surface area contributed by atoms with Gasteiger partial charge in [-0.25, -0.2) is 0 Å². The maximum Gasteiger partial charge on any atom is 0.0444 e. The van der Waals surface area contributed by atoms with Crippen LogP contribution in [0.15, 0.2) is 70.5 Å². The average Bonchev–Trinajstić information content (AvgIpc) is 2.87. The topological polar surface area (TPSA) is 0 Å². The molecule has 0 fully saturated rings. The molecule has 23 heavy (non-hydrogen) atoms. The van der Waals surface area contributed by atoms with Gasteiger partial charge in [0.25, 0.3) is 0 Å². The Morgan fingerprint density at radius 2 is 2.26 bits per heavy atom. The van der Waals surface area contributed by atoms with Crippen molar-refractivity contribution >= 4 is 21.0 Å². The van der Waals surface area contributed by atoms with E-state index in [0.29, 0.717) is 11.2 Å². The van der Waals surface area contributed by atoms with Gasteiger partial charge in [0, 0.05) is 23.5 Å². The first-order valence-electron chi connectivity index (χ1n) is 7.77. The Morgan fingerprint density at radius 1 is 1.35 bits per heavy atom. The van der Waals surface area contributed by atoms with Crippen LogP contribution in [0, 0.1) is 36.0 Å². The Morgan fingerprint density at radius 3 is 3.13 bits per heavy atom. The second-order valence-electron chi connectivity index (χ2n) is 5.64. The van der Waals surface area contributed by atoms with E-state index in [1.807, 2.05) is 17.8 Å². The first kappa shape index (κ1) is 16.2. The van der Waals surface area contributed by atoms with Crippen molar-refractivity contribution in [1.82, 2.24) is 0 Å². The van der Waals surface area contributed by atoms with Gasteiger partial charge in [0.2, 0.25) is 0 Å². The zero-order valence-electron chi connectivity index (χ0n) is 12.9. The van der Waals surface area contributed by atoms with E-state index in [4.69, 9.17) is 6.42 Å². The first-order valence-corrected chi connectivity index (χ1v) is 9.23. The van der Waals surface area contributed by atoms with E-state index >= 15 is 0 Å². The Kier molecular flexibility index (Phi) is 5.46. The fourth-order valence-corrected chi connectivity index (χ4v) is 5.02. The molecule has 114 valence electrons. The molecule has 0 amide bonds. The number of hydrogen-bond donors (Lipinski definition) is 0. The molecular weight excluding hydrogens is 315 g/mol. The van der Waals surface area contributed by atoms with Crippen molar-refractivity contribution < 1.29 is 0 Å². The summed E-state index contributed by atoms with van der Waals surface area (Å²) in [6.45, 7) is 0. The molecule has 3 aliphatic rings. The second-order valence-corrected chi connectivity index (χ2v) is 7.55. The molecule has 2 aliphatic carbocycles. The molecule has 0 nitrogen and oxygen atoms in total. The van der Waals surface area contributed by atoms with E-state index in [2.05, 4.69) is 75.6 Å². The van der Waals surface area contributed by atoms with Gasteiger partial charge in [-0.3, -0.25) is 0 Å². The van der Waals surface area contributed by atoms with Crippen LogP contribution < -0.4 is 0 Å². The fraction of sp³-hybridized carbons (Fsp3) is 0.238. The largest absolute Gasteiger partial charge is 0.121 e. The van der Waals surface area contributed by atoms with Crippen molar-refractivity contribution in [2.45, 2.75) is 18.1 Å². The van der Waals surface area contributed by atoms with Crippen molar-refractivity contribution in [1.29, 1.82) is 0 Å².